The molecule has 0 amide bonds. The Morgan fingerprint density at radius 3 is 2.33 bits per heavy atom. The molecular weight excluding hydrogens is 262 g/mol. The van der Waals surface area contributed by atoms with Gasteiger partial charge in [-0.2, -0.15) is 0 Å². The van der Waals surface area contributed by atoms with Gasteiger partial charge in [0.25, 0.3) is 0 Å². The third-order valence-corrected chi connectivity index (χ3v) is 1.65. The maximum atomic E-state index is 11.1. The molecule has 0 saturated heterocycles. The molecule has 0 bridgehead atoms. The zero-order chi connectivity index (χ0) is 11.4. The molecule has 4 nitrogen and oxygen atoms in total. The van der Waals surface area contributed by atoms with Crippen molar-refractivity contribution in [3.05, 3.63) is 12.2 Å². The summed E-state index contributed by atoms with van der Waals surface area (Å²) in [4.78, 5) is 11.1. The average Bonchev–Trinajstić information content (AvgIpc) is 1.97. The van der Waals surface area contributed by atoms with Gasteiger partial charge in [0.2, 0.25) is 6.73 Å². The zero-order valence-electron chi connectivity index (χ0n) is 9.79. The van der Waals surface area contributed by atoms with Crippen LogP contribution in [0.15, 0.2) is 12.2 Å². The standard InChI is InChI=1S/C10H20NO3.BrH/c1-8(2)10(13)14-7-11(4,5)6-9(3)12;/h9,12H,1,6-7H2,2-5H3;1H/q+1;/p-1. The maximum Gasteiger partial charge on any atom is 0.337 e. The van der Waals surface area contributed by atoms with Gasteiger partial charge in [-0.3, -0.25) is 4.48 Å². The molecule has 0 aromatic heterocycles. The molecule has 0 aromatic rings. The lowest BCUT2D eigenvalue weighted by atomic mass is 10.3. The predicted molar refractivity (Wildman–Crippen MR) is 54.4 cm³/mol. The summed E-state index contributed by atoms with van der Waals surface area (Å²) in [6.45, 7) is 7.59. The molecule has 1 N–H and O–H groups in total. The number of nitrogens with zero attached hydrogens (tertiary/aromatic N) is 1. The van der Waals surface area contributed by atoms with Crippen LogP contribution in [0.1, 0.15) is 13.8 Å². The van der Waals surface area contributed by atoms with Crippen LogP contribution in [0.5, 0.6) is 0 Å². The van der Waals surface area contributed by atoms with Gasteiger partial charge < -0.3 is 26.8 Å². The van der Waals surface area contributed by atoms with Crippen molar-refractivity contribution in [2.45, 2.75) is 20.0 Å². The van der Waals surface area contributed by atoms with Crippen LogP contribution in [-0.2, 0) is 9.53 Å². The number of likely N-dealkylation sites (N-methyl/N-ethyl adjacent to an activating group) is 1. The first kappa shape index (κ1) is 17.0. The van der Waals surface area contributed by atoms with Crippen molar-refractivity contribution in [3.63, 3.8) is 0 Å². The number of hydrogen-bond donors (Lipinski definition) is 1. The van der Waals surface area contributed by atoms with Crippen LogP contribution in [-0.4, -0.2) is 49.0 Å². The molecule has 0 spiro atoms. The number of halogens is 1. The van der Waals surface area contributed by atoms with Crippen LogP contribution in [0, 0.1) is 0 Å². The fourth-order valence-corrected chi connectivity index (χ4v) is 1.12. The second-order valence-corrected chi connectivity index (χ2v) is 4.31. The van der Waals surface area contributed by atoms with E-state index in [2.05, 4.69) is 6.58 Å². The summed E-state index contributed by atoms with van der Waals surface area (Å²) in [5.74, 6) is -0.387. The fraction of sp³-hybridized carbons (Fsp3) is 0.700. The van der Waals surface area contributed by atoms with Gasteiger partial charge in [0.05, 0.1) is 14.1 Å². The zero-order valence-corrected chi connectivity index (χ0v) is 11.4. The van der Waals surface area contributed by atoms with Crippen LogP contribution in [0.2, 0.25) is 0 Å². The Morgan fingerprint density at radius 1 is 1.53 bits per heavy atom. The highest BCUT2D eigenvalue weighted by Crippen LogP contribution is 2.02. The molecule has 0 aliphatic carbocycles. The number of aliphatic hydroxyl groups is 1. The van der Waals surface area contributed by atoms with E-state index in [9.17, 15) is 9.90 Å². The molecule has 0 aromatic carbocycles. The van der Waals surface area contributed by atoms with Crippen molar-refractivity contribution < 1.29 is 36.1 Å². The fourth-order valence-electron chi connectivity index (χ4n) is 1.12. The van der Waals surface area contributed by atoms with E-state index in [-0.39, 0.29) is 29.7 Å². The molecular formula is C10H20BrNO3. The van der Waals surface area contributed by atoms with Crippen molar-refractivity contribution in [1.82, 2.24) is 0 Å². The normalized spacial score (nSPS) is 12.6. The molecule has 15 heavy (non-hydrogen) atoms. The maximum absolute atomic E-state index is 11.1. The number of ether oxygens (including phenoxy) is 1. The first-order valence-corrected chi connectivity index (χ1v) is 4.57. The van der Waals surface area contributed by atoms with Crippen molar-refractivity contribution in [2.75, 3.05) is 27.4 Å². The number of quaternary nitrogens is 1. The van der Waals surface area contributed by atoms with E-state index >= 15 is 0 Å². The summed E-state index contributed by atoms with van der Waals surface area (Å²) in [5.41, 5.74) is 0.391. The first-order chi connectivity index (χ1) is 6.24. The van der Waals surface area contributed by atoms with Crippen molar-refractivity contribution in [2.24, 2.45) is 0 Å². The second kappa shape index (κ2) is 6.98. The largest absolute Gasteiger partial charge is 1.00 e. The second-order valence-electron chi connectivity index (χ2n) is 4.31. The highest BCUT2D eigenvalue weighted by molar-refractivity contribution is 5.86. The van der Waals surface area contributed by atoms with Gasteiger partial charge in [-0.1, -0.05) is 6.58 Å². The van der Waals surface area contributed by atoms with E-state index in [1.165, 1.54) is 0 Å². The number of aliphatic hydroxyl groups excluding tert-OH is 1. The van der Waals surface area contributed by atoms with Gasteiger partial charge in [0, 0.05) is 5.57 Å². The average molecular weight is 282 g/mol. The molecule has 0 aliphatic rings. The molecule has 0 saturated carbocycles. The summed E-state index contributed by atoms with van der Waals surface area (Å²) in [7, 11) is 3.77. The number of carbonyl (C=O) groups is 1. The molecule has 0 fully saturated rings. The van der Waals surface area contributed by atoms with Gasteiger partial charge in [0.1, 0.15) is 12.6 Å². The Kier molecular flexibility index (Phi) is 7.92. The van der Waals surface area contributed by atoms with E-state index in [4.69, 9.17) is 4.74 Å². The summed E-state index contributed by atoms with van der Waals surface area (Å²) >= 11 is 0. The molecule has 0 radical (unpaired) electrons. The smallest absolute Gasteiger partial charge is 0.337 e. The van der Waals surface area contributed by atoms with Crippen LogP contribution in [0.4, 0.5) is 0 Å². The molecule has 0 rings (SSSR count). The third kappa shape index (κ3) is 8.59. The van der Waals surface area contributed by atoms with E-state index in [0.29, 0.717) is 16.6 Å². The summed E-state index contributed by atoms with van der Waals surface area (Å²) in [5, 5.41) is 9.19. The molecule has 0 heterocycles. The lowest BCUT2D eigenvalue weighted by Gasteiger charge is -2.29. The minimum absolute atomic E-state index is 0. The monoisotopic (exact) mass is 281 g/mol. The first-order valence-electron chi connectivity index (χ1n) is 4.57. The molecule has 1 atom stereocenters. The van der Waals surface area contributed by atoms with Gasteiger partial charge in [0.15, 0.2) is 0 Å². The third-order valence-electron chi connectivity index (χ3n) is 1.65. The molecule has 0 aliphatic heterocycles. The van der Waals surface area contributed by atoms with E-state index < -0.39 is 6.10 Å². The van der Waals surface area contributed by atoms with E-state index in [0.717, 1.165) is 0 Å². The van der Waals surface area contributed by atoms with Crippen LogP contribution in [0.3, 0.4) is 0 Å². The van der Waals surface area contributed by atoms with Gasteiger partial charge in [-0.05, 0) is 13.8 Å². The minimum atomic E-state index is -0.409. The SMILES string of the molecule is C=C(C)C(=O)OC[N+](C)(C)CC(C)O.[Br-]. The lowest BCUT2D eigenvalue weighted by Crippen LogP contribution is -3.00. The number of rotatable bonds is 5. The van der Waals surface area contributed by atoms with Gasteiger partial charge in [-0.15, -0.1) is 0 Å². The molecule has 1 unspecified atom stereocenters. The van der Waals surface area contributed by atoms with Gasteiger partial charge in [-0.25, -0.2) is 4.79 Å². The summed E-state index contributed by atoms with van der Waals surface area (Å²) < 4.78 is 5.43. The van der Waals surface area contributed by atoms with Crippen molar-refractivity contribution in [3.8, 4) is 0 Å². The van der Waals surface area contributed by atoms with Crippen LogP contribution >= 0.6 is 0 Å². The Morgan fingerprint density at radius 2 is 2.00 bits per heavy atom. The Balaban J connectivity index is 0. The highest BCUT2D eigenvalue weighted by Gasteiger charge is 2.19. The summed E-state index contributed by atoms with van der Waals surface area (Å²) in [6, 6.07) is 0. The summed E-state index contributed by atoms with van der Waals surface area (Å²) in [6.07, 6.45) is -0.409. The molecule has 90 valence electrons. The Hall–Kier alpha value is -0.390. The van der Waals surface area contributed by atoms with Crippen molar-refractivity contribution >= 4 is 5.97 Å². The Labute approximate surface area is 102 Å². The van der Waals surface area contributed by atoms with Crippen LogP contribution in [0.25, 0.3) is 0 Å². The quantitative estimate of drug-likeness (QED) is 0.263. The van der Waals surface area contributed by atoms with E-state index in [1.807, 2.05) is 14.1 Å². The number of carbonyl (C=O) groups excluding carboxylic acids is 1. The Bertz CT molecular complexity index is 227. The van der Waals surface area contributed by atoms with E-state index in [1.54, 1.807) is 13.8 Å². The number of hydrogen-bond acceptors (Lipinski definition) is 3. The van der Waals surface area contributed by atoms with Crippen molar-refractivity contribution in [1.29, 1.82) is 0 Å². The highest BCUT2D eigenvalue weighted by atomic mass is 79.9. The molecule has 5 heteroatoms. The van der Waals surface area contributed by atoms with Crippen LogP contribution < -0.4 is 17.0 Å². The lowest BCUT2D eigenvalue weighted by molar-refractivity contribution is -0.909. The topological polar surface area (TPSA) is 46.5 Å². The predicted octanol–water partition coefficient (Wildman–Crippen LogP) is -2.48. The van der Waals surface area contributed by atoms with Gasteiger partial charge >= 0.3 is 5.97 Å². The minimum Gasteiger partial charge on any atom is -1.00 e. The number of esters is 1.